The molecule has 136 valence electrons. The summed E-state index contributed by atoms with van der Waals surface area (Å²) in [6, 6.07) is 1.24. The average Bonchev–Trinajstić information content (AvgIpc) is 3.19. The van der Waals surface area contributed by atoms with Crippen molar-refractivity contribution in [2.75, 3.05) is 13.1 Å². The van der Waals surface area contributed by atoms with Gasteiger partial charge in [-0.05, 0) is 13.3 Å². The molecule has 0 bridgehead atoms. The Labute approximate surface area is 145 Å². The van der Waals surface area contributed by atoms with E-state index in [0.29, 0.717) is 43.5 Å². The van der Waals surface area contributed by atoms with E-state index < -0.39 is 6.10 Å². The van der Waals surface area contributed by atoms with Crippen LogP contribution >= 0.6 is 0 Å². The molecule has 25 heavy (non-hydrogen) atoms. The summed E-state index contributed by atoms with van der Waals surface area (Å²) in [6.45, 7) is 7.34. The van der Waals surface area contributed by atoms with E-state index in [4.69, 9.17) is 9.05 Å². The number of nitrogens with zero attached hydrogens (tertiary/aromatic N) is 4. The van der Waals surface area contributed by atoms with Crippen molar-refractivity contribution in [3.8, 4) is 0 Å². The van der Waals surface area contributed by atoms with Gasteiger partial charge >= 0.3 is 0 Å². The maximum Gasteiger partial charge on any atom is 0.273 e. The minimum Gasteiger partial charge on any atom is -0.390 e. The molecule has 1 aliphatic rings. The lowest BCUT2D eigenvalue weighted by Gasteiger charge is -2.35. The van der Waals surface area contributed by atoms with Gasteiger partial charge in [-0.2, -0.15) is 4.98 Å². The maximum absolute atomic E-state index is 12.1. The lowest BCUT2D eigenvalue weighted by molar-refractivity contribution is 0.0311. The summed E-state index contributed by atoms with van der Waals surface area (Å²) in [5, 5.41) is 20.8. The maximum atomic E-state index is 12.1. The van der Waals surface area contributed by atoms with Crippen LogP contribution in [-0.2, 0) is 6.54 Å². The molecule has 9 heteroatoms. The first-order valence-corrected chi connectivity index (χ1v) is 8.39. The zero-order chi connectivity index (χ0) is 18.0. The zero-order valence-corrected chi connectivity index (χ0v) is 14.6. The second-order valence-corrected chi connectivity index (χ2v) is 6.69. The lowest BCUT2D eigenvalue weighted by Crippen LogP contribution is -2.53. The average molecular weight is 349 g/mol. The first-order valence-electron chi connectivity index (χ1n) is 8.39. The topological polar surface area (TPSA) is 118 Å². The number of amides is 1. The number of aliphatic hydroxyl groups excluding tert-OH is 1. The van der Waals surface area contributed by atoms with E-state index in [9.17, 15) is 9.90 Å². The smallest absolute Gasteiger partial charge is 0.273 e. The molecule has 0 radical (unpaired) electrons. The van der Waals surface area contributed by atoms with E-state index in [1.54, 1.807) is 13.0 Å². The van der Waals surface area contributed by atoms with Crippen LogP contribution in [0.15, 0.2) is 15.1 Å². The quantitative estimate of drug-likeness (QED) is 0.816. The molecule has 2 aromatic heterocycles. The summed E-state index contributed by atoms with van der Waals surface area (Å²) in [5.74, 6) is 1.66. The van der Waals surface area contributed by atoms with Crippen LogP contribution in [0.5, 0.6) is 0 Å². The van der Waals surface area contributed by atoms with Crippen LogP contribution in [0.1, 0.15) is 54.2 Å². The number of aromatic nitrogens is 3. The first-order chi connectivity index (χ1) is 11.9. The molecule has 2 atom stereocenters. The Morgan fingerprint density at radius 2 is 2.24 bits per heavy atom. The molecule has 9 nitrogen and oxygen atoms in total. The van der Waals surface area contributed by atoms with Crippen LogP contribution in [0, 0.1) is 6.92 Å². The number of aryl methyl sites for hydroxylation is 1. The molecule has 1 amide bonds. The summed E-state index contributed by atoms with van der Waals surface area (Å²) in [7, 11) is 0. The molecule has 0 aromatic carbocycles. The third-order valence-electron chi connectivity index (χ3n) is 4.20. The van der Waals surface area contributed by atoms with Crippen LogP contribution in [0.3, 0.4) is 0 Å². The Morgan fingerprint density at radius 1 is 1.44 bits per heavy atom. The molecule has 3 rings (SSSR count). The van der Waals surface area contributed by atoms with E-state index in [1.165, 1.54) is 0 Å². The number of β-amino-alcohol motifs (C(OH)–C–C–N with tert-alkyl or cyclic N) is 1. The van der Waals surface area contributed by atoms with Crippen molar-refractivity contribution in [1.82, 2.24) is 25.5 Å². The second-order valence-electron chi connectivity index (χ2n) is 6.69. The highest BCUT2D eigenvalue weighted by Gasteiger charge is 2.30. The fourth-order valence-electron chi connectivity index (χ4n) is 2.78. The molecule has 2 N–H and O–H groups in total. The molecule has 0 aliphatic carbocycles. The van der Waals surface area contributed by atoms with Crippen LogP contribution in [0.25, 0.3) is 0 Å². The van der Waals surface area contributed by atoms with Crippen molar-refractivity contribution in [2.24, 2.45) is 0 Å². The second kappa shape index (κ2) is 7.32. The predicted octanol–water partition coefficient (Wildman–Crippen LogP) is 0.855. The predicted molar refractivity (Wildman–Crippen MR) is 86.8 cm³/mol. The van der Waals surface area contributed by atoms with Crippen LogP contribution in [0.2, 0.25) is 0 Å². The van der Waals surface area contributed by atoms with Crippen molar-refractivity contribution >= 4 is 5.91 Å². The summed E-state index contributed by atoms with van der Waals surface area (Å²) in [6.07, 6.45) is -0.0623. The van der Waals surface area contributed by atoms with Gasteiger partial charge in [0.25, 0.3) is 5.91 Å². The third kappa shape index (κ3) is 4.23. The van der Waals surface area contributed by atoms with E-state index in [1.807, 2.05) is 18.7 Å². The number of nitrogens with one attached hydrogen (secondary N) is 1. The van der Waals surface area contributed by atoms with Gasteiger partial charge in [0.2, 0.25) is 5.89 Å². The van der Waals surface area contributed by atoms with Crippen LogP contribution < -0.4 is 5.32 Å². The lowest BCUT2D eigenvalue weighted by atomic mass is 10.0. The highest BCUT2D eigenvalue weighted by Crippen LogP contribution is 2.16. The Kier molecular flexibility index (Phi) is 5.14. The summed E-state index contributed by atoms with van der Waals surface area (Å²) in [5.41, 5.74) is 0.221. The molecule has 0 spiro atoms. The first kappa shape index (κ1) is 17.6. The minimum absolute atomic E-state index is 0.212. The van der Waals surface area contributed by atoms with Gasteiger partial charge in [-0.1, -0.05) is 24.2 Å². The largest absolute Gasteiger partial charge is 0.390 e. The van der Waals surface area contributed by atoms with Gasteiger partial charge in [-0.15, -0.1) is 0 Å². The number of carbonyl (C=O) groups excluding carboxylic acids is 1. The number of hydrogen-bond donors (Lipinski definition) is 2. The fourth-order valence-corrected chi connectivity index (χ4v) is 2.78. The molecule has 1 aliphatic heterocycles. The van der Waals surface area contributed by atoms with Gasteiger partial charge in [0.05, 0.1) is 18.7 Å². The van der Waals surface area contributed by atoms with Gasteiger partial charge in [-0.25, -0.2) is 0 Å². The Balaban J connectivity index is 1.52. The van der Waals surface area contributed by atoms with Crippen molar-refractivity contribution < 1.29 is 18.9 Å². The molecular weight excluding hydrogens is 326 g/mol. The molecule has 0 unspecified atom stereocenters. The van der Waals surface area contributed by atoms with Gasteiger partial charge in [0, 0.05) is 25.1 Å². The van der Waals surface area contributed by atoms with Crippen molar-refractivity contribution in [3.05, 3.63) is 29.2 Å². The highest BCUT2D eigenvalue weighted by atomic mass is 16.5. The minimum atomic E-state index is -0.682. The van der Waals surface area contributed by atoms with Crippen LogP contribution in [-0.4, -0.2) is 56.4 Å². The molecule has 1 saturated heterocycles. The van der Waals surface area contributed by atoms with Crippen molar-refractivity contribution in [1.29, 1.82) is 0 Å². The highest BCUT2D eigenvalue weighted by molar-refractivity contribution is 5.92. The van der Waals surface area contributed by atoms with Gasteiger partial charge < -0.3 is 19.5 Å². The summed E-state index contributed by atoms with van der Waals surface area (Å²) < 4.78 is 10.1. The van der Waals surface area contributed by atoms with Crippen molar-refractivity contribution in [3.63, 3.8) is 0 Å². The molecule has 3 heterocycles. The van der Waals surface area contributed by atoms with E-state index >= 15 is 0 Å². The van der Waals surface area contributed by atoms with E-state index in [0.717, 1.165) is 0 Å². The molecular formula is C16H23N5O4. The van der Waals surface area contributed by atoms with E-state index in [-0.39, 0.29) is 23.6 Å². The Hall–Kier alpha value is -2.26. The number of hydrogen-bond acceptors (Lipinski definition) is 8. The van der Waals surface area contributed by atoms with E-state index in [2.05, 4.69) is 20.6 Å². The normalized spacial score (nSPS) is 21.6. The summed E-state index contributed by atoms with van der Waals surface area (Å²) >= 11 is 0. The fraction of sp³-hybridized carbons (Fsp3) is 0.625. The standard InChI is InChI=1S/C16H23N5O4/c1-9(2)15-18-14(25-20-15)8-21-5-4-11(13(22)7-21)17-16(23)12-6-10(3)24-19-12/h6,9,11,13,22H,4-5,7-8H2,1-3H3,(H,17,23)/t11-,13-/m1/s1. The molecule has 1 fully saturated rings. The number of carbonyl (C=O) groups is 1. The molecule has 2 aromatic rings. The number of piperidine rings is 1. The SMILES string of the molecule is Cc1cc(C(=O)N[C@@H]2CCN(Cc3nc(C(C)C)no3)C[C@H]2O)no1. The van der Waals surface area contributed by atoms with Gasteiger partial charge in [0.1, 0.15) is 5.76 Å². The number of aliphatic hydroxyl groups is 1. The van der Waals surface area contributed by atoms with Crippen molar-refractivity contribution in [2.45, 2.75) is 51.8 Å². The Morgan fingerprint density at radius 3 is 2.84 bits per heavy atom. The zero-order valence-electron chi connectivity index (χ0n) is 14.6. The molecule has 0 saturated carbocycles. The third-order valence-corrected chi connectivity index (χ3v) is 4.20. The summed E-state index contributed by atoms with van der Waals surface area (Å²) in [4.78, 5) is 18.5. The van der Waals surface area contributed by atoms with Crippen LogP contribution in [0.4, 0.5) is 0 Å². The Bertz CT molecular complexity index is 726. The monoisotopic (exact) mass is 349 g/mol. The van der Waals surface area contributed by atoms with Gasteiger partial charge in [-0.3, -0.25) is 9.69 Å². The number of rotatable bonds is 5. The number of likely N-dealkylation sites (tertiary alicyclic amines) is 1. The van der Waals surface area contributed by atoms with Gasteiger partial charge in [0.15, 0.2) is 11.5 Å².